The molecule has 1 aliphatic rings. The van der Waals surface area contributed by atoms with E-state index < -0.39 is 12.1 Å². The van der Waals surface area contributed by atoms with Crippen LogP contribution in [0.1, 0.15) is 12.5 Å². The predicted molar refractivity (Wildman–Crippen MR) is 84.0 cm³/mol. The number of amides is 2. The van der Waals surface area contributed by atoms with Crippen LogP contribution >= 0.6 is 11.3 Å². The molecule has 1 aromatic carbocycles. The minimum Gasteiger partial charge on any atom is -0.312 e. The number of thiazole rings is 1. The van der Waals surface area contributed by atoms with Crippen LogP contribution in [0.15, 0.2) is 23.6 Å². The monoisotopic (exact) mass is 355 g/mol. The fourth-order valence-corrected chi connectivity index (χ4v) is 3.21. The average molecular weight is 355 g/mol. The maximum atomic E-state index is 12.3. The summed E-state index contributed by atoms with van der Waals surface area (Å²) in [7, 11) is 0. The van der Waals surface area contributed by atoms with Crippen molar-refractivity contribution in [1.29, 1.82) is 0 Å². The fraction of sp³-hybridized carbons (Fsp3) is 0.267. The number of hydrogen-bond acceptors (Lipinski definition) is 4. The number of aromatic nitrogens is 1. The Bertz CT molecular complexity index is 817. The zero-order chi connectivity index (χ0) is 17.5. The molecule has 1 aliphatic heterocycles. The molecule has 126 valence electrons. The van der Waals surface area contributed by atoms with E-state index in [1.165, 1.54) is 6.92 Å². The van der Waals surface area contributed by atoms with E-state index in [4.69, 9.17) is 0 Å². The van der Waals surface area contributed by atoms with Crippen LogP contribution in [0, 0.1) is 0 Å². The second-order valence-corrected chi connectivity index (χ2v) is 6.11. The largest absolute Gasteiger partial charge is 0.471 e. The number of carbonyl (C=O) groups excluding carboxylic acids is 2. The molecule has 0 aliphatic carbocycles. The number of fused-ring (bicyclic) bond motifs is 1. The van der Waals surface area contributed by atoms with Crippen LogP contribution < -0.4 is 10.2 Å². The molecule has 0 radical (unpaired) electrons. The van der Waals surface area contributed by atoms with Gasteiger partial charge in [-0.05, 0) is 18.1 Å². The van der Waals surface area contributed by atoms with Crippen molar-refractivity contribution in [3.8, 4) is 11.3 Å². The van der Waals surface area contributed by atoms with Crippen molar-refractivity contribution in [3.63, 3.8) is 0 Å². The lowest BCUT2D eigenvalue weighted by atomic mass is 10.1. The number of benzene rings is 1. The molecular formula is C15H12F3N3O2S. The van der Waals surface area contributed by atoms with Gasteiger partial charge in [0.05, 0.1) is 5.69 Å². The van der Waals surface area contributed by atoms with E-state index in [1.54, 1.807) is 27.7 Å². The van der Waals surface area contributed by atoms with Crippen molar-refractivity contribution in [2.45, 2.75) is 19.5 Å². The lowest BCUT2D eigenvalue weighted by Crippen LogP contribution is -2.29. The Balaban J connectivity index is 1.85. The van der Waals surface area contributed by atoms with Crippen LogP contribution in [0.3, 0.4) is 0 Å². The molecule has 0 saturated heterocycles. The molecule has 0 unspecified atom stereocenters. The first-order valence-electron chi connectivity index (χ1n) is 7.01. The molecule has 2 amide bonds. The van der Waals surface area contributed by atoms with Gasteiger partial charge in [0, 0.05) is 30.1 Å². The molecule has 0 bridgehead atoms. The van der Waals surface area contributed by atoms with Gasteiger partial charge in [-0.1, -0.05) is 12.1 Å². The Kier molecular flexibility index (Phi) is 4.04. The van der Waals surface area contributed by atoms with Gasteiger partial charge >= 0.3 is 12.1 Å². The quantitative estimate of drug-likeness (QED) is 0.900. The lowest BCUT2D eigenvalue weighted by molar-refractivity contribution is -0.167. The molecule has 9 heteroatoms. The second kappa shape index (κ2) is 5.90. The third-order valence-corrected chi connectivity index (χ3v) is 4.40. The first-order chi connectivity index (χ1) is 11.3. The van der Waals surface area contributed by atoms with Crippen molar-refractivity contribution in [2.75, 3.05) is 16.8 Å². The molecule has 24 heavy (non-hydrogen) atoms. The number of halogens is 3. The molecule has 0 atom stereocenters. The van der Waals surface area contributed by atoms with E-state index in [2.05, 4.69) is 4.98 Å². The normalized spacial score (nSPS) is 13.8. The average Bonchev–Trinajstić information content (AvgIpc) is 3.11. The summed E-state index contributed by atoms with van der Waals surface area (Å²) in [6, 6.07) is 5.46. The standard InChI is InChI=1S/C15H12F3N3O2S/c1-8(22)21-5-4-9-2-3-10(6-12(9)21)11-7-24-14(19-11)20-13(23)15(16,17)18/h2-3,6-7H,4-5H2,1H3,(H,19,20,23). The Morgan fingerprint density at radius 1 is 1.33 bits per heavy atom. The molecule has 1 aromatic heterocycles. The highest BCUT2D eigenvalue weighted by molar-refractivity contribution is 7.14. The number of nitrogens with one attached hydrogen (secondary N) is 1. The fourth-order valence-electron chi connectivity index (χ4n) is 2.50. The second-order valence-electron chi connectivity index (χ2n) is 5.25. The smallest absolute Gasteiger partial charge is 0.312 e. The van der Waals surface area contributed by atoms with Crippen LogP contribution in [0.2, 0.25) is 0 Å². The van der Waals surface area contributed by atoms with E-state index in [0.29, 0.717) is 17.8 Å². The maximum absolute atomic E-state index is 12.3. The summed E-state index contributed by atoms with van der Waals surface area (Å²) in [6.45, 7) is 2.09. The zero-order valence-electron chi connectivity index (χ0n) is 12.5. The Hall–Kier alpha value is -2.42. The number of rotatable bonds is 2. The maximum Gasteiger partial charge on any atom is 0.471 e. The van der Waals surface area contributed by atoms with Gasteiger partial charge in [0.15, 0.2) is 5.13 Å². The summed E-state index contributed by atoms with van der Waals surface area (Å²) in [6.07, 6.45) is -4.19. The Morgan fingerprint density at radius 2 is 2.08 bits per heavy atom. The van der Waals surface area contributed by atoms with E-state index in [9.17, 15) is 22.8 Å². The number of carbonyl (C=O) groups is 2. The molecule has 0 saturated carbocycles. The Labute approximate surface area is 139 Å². The molecule has 1 N–H and O–H groups in total. The van der Waals surface area contributed by atoms with Crippen LogP contribution in [-0.4, -0.2) is 29.5 Å². The van der Waals surface area contributed by atoms with E-state index in [1.807, 2.05) is 6.07 Å². The minimum absolute atomic E-state index is 0.0673. The lowest BCUT2D eigenvalue weighted by Gasteiger charge is -2.15. The summed E-state index contributed by atoms with van der Waals surface area (Å²) >= 11 is 0.906. The van der Waals surface area contributed by atoms with Gasteiger partial charge in [-0.3, -0.25) is 14.9 Å². The zero-order valence-corrected chi connectivity index (χ0v) is 13.3. The van der Waals surface area contributed by atoms with Crippen molar-refractivity contribution < 1.29 is 22.8 Å². The summed E-state index contributed by atoms with van der Waals surface area (Å²) in [5.74, 6) is -2.12. The van der Waals surface area contributed by atoms with Crippen LogP contribution in [-0.2, 0) is 16.0 Å². The highest BCUT2D eigenvalue weighted by Gasteiger charge is 2.39. The minimum atomic E-state index is -4.96. The van der Waals surface area contributed by atoms with Crippen LogP contribution in [0.5, 0.6) is 0 Å². The molecular weight excluding hydrogens is 343 g/mol. The summed E-state index contributed by atoms with van der Waals surface area (Å²) in [5, 5.41) is 3.16. The topological polar surface area (TPSA) is 62.3 Å². The van der Waals surface area contributed by atoms with Crippen LogP contribution in [0.25, 0.3) is 11.3 Å². The van der Waals surface area contributed by atoms with Crippen molar-refractivity contribution in [3.05, 3.63) is 29.1 Å². The number of anilines is 2. The van der Waals surface area contributed by atoms with Gasteiger partial charge in [0.1, 0.15) is 0 Å². The van der Waals surface area contributed by atoms with E-state index in [0.717, 1.165) is 29.0 Å². The van der Waals surface area contributed by atoms with Gasteiger partial charge in [0.25, 0.3) is 0 Å². The van der Waals surface area contributed by atoms with Gasteiger partial charge in [-0.2, -0.15) is 13.2 Å². The molecule has 3 rings (SSSR count). The third kappa shape index (κ3) is 3.12. The molecule has 5 nitrogen and oxygen atoms in total. The highest BCUT2D eigenvalue weighted by atomic mass is 32.1. The van der Waals surface area contributed by atoms with Gasteiger partial charge in [-0.15, -0.1) is 11.3 Å². The van der Waals surface area contributed by atoms with Gasteiger partial charge in [0.2, 0.25) is 5.91 Å². The highest BCUT2D eigenvalue weighted by Crippen LogP contribution is 2.34. The summed E-state index contributed by atoms with van der Waals surface area (Å²) in [4.78, 5) is 28.2. The van der Waals surface area contributed by atoms with Crippen LogP contribution in [0.4, 0.5) is 24.0 Å². The number of alkyl halides is 3. The van der Waals surface area contributed by atoms with Crippen molar-refractivity contribution in [1.82, 2.24) is 4.98 Å². The molecule has 0 fully saturated rings. The third-order valence-electron chi connectivity index (χ3n) is 3.64. The Morgan fingerprint density at radius 3 is 2.75 bits per heavy atom. The first kappa shape index (κ1) is 16.4. The summed E-state index contributed by atoms with van der Waals surface area (Å²) in [5.41, 5.74) is 2.94. The molecule has 2 heterocycles. The number of hydrogen-bond donors (Lipinski definition) is 1. The van der Waals surface area contributed by atoms with E-state index >= 15 is 0 Å². The van der Waals surface area contributed by atoms with Crippen molar-refractivity contribution in [2.24, 2.45) is 0 Å². The van der Waals surface area contributed by atoms with Gasteiger partial charge < -0.3 is 4.90 Å². The van der Waals surface area contributed by atoms with Crippen molar-refractivity contribution >= 4 is 34.0 Å². The summed E-state index contributed by atoms with van der Waals surface area (Å²) < 4.78 is 36.8. The molecule has 0 spiro atoms. The van der Waals surface area contributed by atoms with E-state index in [-0.39, 0.29) is 11.0 Å². The number of nitrogens with zero attached hydrogens (tertiary/aromatic N) is 2. The SMILES string of the molecule is CC(=O)N1CCc2ccc(-c3csc(NC(=O)C(F)(F)F)n3)cc21. The van der Waals surface area contributed by atoms with Gasteiger partial charge in [-0.25, -0.2) is 4.98 Å². The molecule has 2 aromatic rings. The predicted octanol–water partition coefficient (Wildman–Crippen LogP) is 3.22. The first-order valence-corrected chi connectivity index (χ1v) is 7.89.